The second-order valence-electron chi connectivity index (χ2n) is 9.97. The van der Waals surface area contributed by atoms with Crippen molar-refractivity contribution in [2.45, 2.75) is 50.4 Å². The number of piperazine rings is 1. The maximum atomic E-state index is 12.9. The molecule has 9 heteroatoms. The minimum Gasteiger partial charge on any atom is -0.492 e. The zero-order chi connectivity index (χ0) is 26.6. The van der Waals surface area contributed by atoms with Gasteiger partial charge in [-0.25, -0.2) is 4.74 Å². The molecule has 2 heterocycles. The van der Waals surface area contributed by atoms with Gasteiger partial charge in [0.15, 0.2) is 5.50 Å². The van der Waals surface area contributed by atoms with Gasteiger partial charge in [0.25, 0.3) is 5.76 Å². The van der Waals surface area contributed by atoms with Gasteiger partial charge in [0.1, 0.15) is 18.7 Å². The lowest BCUT2D eigenvalue weighted by atomic mass is 10.2. The van der Waals surface area contributed by atoms with Crippen LogP contribution in [0.3, 0.4) is 0 Å². The van der Waals surface area contributed by atoms with E-state index in [9.17, 15) is 8.78 Å². The number of halogens is 2. The Bertz CT molecular complexity index is 1230. The van der Waals surface area contributed by atoms with Crippen LogP contribution in [-0.4, -0.2) is 48.4 Å². The Hall–Kier alpha value is -2.28. The number of para-hydroxylation sites is 2. The summed E-state index contributed by atoms with van der Waals surface area (Å²) in [6.45, 7) is 14.5. The van der Waals surface area contributed by atoms with Crippen LogP contribution >= 0.6 is 19.0 Å². The van der Waals surface area contributed by atoms with Gasteiger partial charge in [0, 0.05) is 36.2 Å². The van der Waals surface area contributed by atoms with Gasteiger partial charge < -0.3 is 14.1 Å². The molecule has 0 aliphatic carbocycles. The van der Waals surface area contributed by atoms with Crippen molar-refractivity contribution < 1.29 is 17.9 Å². The average Bonchev–Trinajstić information content (AvgIpc) is 3.29. The third kappa shape index (κ3) is 6.08. The summed E-state index contributed by atoms with van der Waals surface area (Å²) in [6, 6.07) is 19.4. The van der Waals surface area contributed by atoms with Crippen LogP contribution in [-0.2, 0) is 0 Å². The highest BCUT2D eigenvalue weighted by Gasteiger charge is 2.44. The number of thioether (sulfide) groups is 1. The molecule has 5 nitrogen and oxygen atoms in total. The van der Waals surface area contributed by atoms with Crippen LogP contribution in [0.4, 0.5) is 20.2 Å². The lowest BCUT2D eigenvalue weighted by Crippen LogP contribution is -2.48. The largest absolute Gasteiger partial charge is 0.492 e. The summed E-state index contributed by atoms with van der Waals surface area (Å²) in [6.07, 6.45) is 0. The molecule has 0 radical (unpaired) electrons. The van der Waals surface area contributed by atoms with Gasteiger partial charge in [-0.2, -0.15) is 8.78 Å². The molecule has 1 saturated heterocycles. The molecule has 1 atom stereocenters. The van der Waals surface area contributed by atoms with Gasteiger partial charge in [-0.1, -0.05) is 44.7 Å². The Morgan fingerprint density at radius 1 is 1.00 bits per heavy atom. The van der Waals surface area contributed by atoms with Crippen molar-refractivity contribution in [1.29, 1.82) is 0 Å². The summed E-state index contributed by atoms with van der Waals surface area (Å²) in [5, 5.41) is -0.223. The Balaban J connectivity index is 1.73. The van der Waals surface area contributed by atoms with Gasteiger partial charge in [-0.3, -0.25) is 4.67 Å². The SMILES string of the molecule is CCOc1ccccc1N1CCN(P(=Nc2ccc(SC(F)F)cc2)(c2ccc(C)o2)C(C)(C)C)CC1. The Morgan fingerprint density at radius 3 is 2.24 bits per heavy atom. The highest BCUT2D eigenvalue weighted by atomic mass is 32.2. The first-order valence-electron chi connectivity index (χ1n) is 12.6. The van der Waals surface area contributed by atoms with Crippen LogP contribution < -0.4 is 15.1 Å². The first-order chi connectivity index (χ1) is 17.6. The van der Waals surface area contributed by atoms with Crippen molar-refractivity contribution in [3.8, 4) is 5.75 Å². The number of aryl methyl sites for hydroxylation is 1. The number of nitrogens with zero attached hydrogens (tertiary/aromatic N) is 3. The van der Waals surface area contributed by atoms with Crippen molar-refractivity contribution in [1.82, 2.24) is 4.67 Å². The third-order valence-electron chi connectivity index (χ3n) is 6.46. The molecular weight excluding hydrogens is 511 g/mol. The fourth-order valence-electron chi connectivity index (χ4n) is 4.83. The topological polar surface area (TPSA) is 41.2 Å². The molecular formula is C28H36F2N3O2PS. The first kappa shape index (κ1) is 27.7. The van der Waals surface area contributed by atoms with Crippen LogP contribution in [0, 0.1) is 6.92 Å². The molecule has 4 rings (SSSR count). The number of ether oxygens (including phenoxy) is 1. The summed E-state index contributed by atoms with van der Waals surface area (Å²) in [4.78, 5) is 2.91. The second kappa shape index (κ2) is 11.6. The molecule has 37 heavy (non-hydrogen) atoms. The number of hydrogen-bond donors (Lipinski definition) is 0. The molecule has 1 unspecified atom stereocenters. The van der Waals surface area contributed by atoms with Crippen LogP contribution in [0.1, 0.15) is 33.5 Å². The average molecular weight is 548 g/mol. The maximum Gasteiger partial charge on any atom is 0.288 e. The van der Waals surface area contributed by atoms with E-state index >= 15 is 0 Å². The lowest BCUT2D eigenvalue weighted by Gasteiger charge is -2.47. The Kier molecular flexibility index (Phi) is 8.72. The number of alkyl halides is 2. The first-order valence-corrected chi connectivity index (χ1v) is 15.2. The molecule has 200 valence electrons. The predicted molar refractivity (Wildman–Crippen MR) is 152 cm³/mol. The van der Waals surface area contributed by atoms with E-state index in [4.69, 9.17) is 13.9 Å². The number of furan rings is 1. The van der Waals surface area contributed by atoms with Crippen molar-refractivity contribution in [3.05, 3.63) is 66.4 Å². The fraction of sp³-hybridized carbons (Fsp3) is 0.429. The predicted octanol–water partition coefficient (Wildman–Crippen LogP) is 8.00. The van der Waals surface area contributed by atoms with E-state index in [2.05, 4.69) is 42.5 Å². The van der Waals surface area contributed by atoms with Crippen molar-refractivity contribution >= 4 is 35.8 Å². The van der Waals surface area contributed by atoms with Crippen LogP contribution in [0.2, 0.25) is 0 Å². The second-order valence-corrected chi connectivity index (χ2v) is 14.8. The summed E-state index contributed by atoms with van der Waals surface area (Å²) in [7, 11) is -2.42. The van der Waals surface area contributed by atoms with Crippen molar-refractivity contribution in [2.75, 3.05) is 37.7 Å². The molecule has 1 aromatic heterocycles. The van der Waals surface area contributed by atoms with Crippen molar-refractivity contribution in [2.24, 2.45) is 4.74 Å². The summed E-state index contributed by atoms with van der Waals surface area (Å²) >= 11 is 0.550. The maximum absolute atomic E-state index is 12.9. The summed E-state index contributed by atoms with van der Waals surface area (Å²) in [5.74, 6) is -0.686. The lowest BCUT2D eigenvalue weighted by molar-refractivity contribution is 0.252. The van der Waals surface area contributed by atoms with Gasteiger partial charge in [0.05, 0.1) is 18.0 Å². The monoisotopic (exact) mass is 547 g/mol. The summed E-state index contributed by atoms with van der Waals surface area (Å²) in [5.41, 5.74) is 2.79. The van der Waals surface area contributed by atoms with Gasteiger partial charge in [-0.05, 0) is 62.4 Å². The van der Waals surface area contributed by atoms with E-state index < -0.39 is 13.0 Å². The van der Waals surface area contributed by atoms with Crippen LogP contribution in [0.15, 0.2) is 74.7 Å². The molecule has 0 bridgehead atoms. The quantitative estimate of drug-likeness (QED) is 0.211. The molecule has 1 aliphatic rings. The van der Waals surface area contributed by atoms with E-state index in [-0.39, 0.29) is 5.16 Å². The molecule has 0 saturated carbocycles. The summed E-state index contributed by atoms with van der Waals surface area (Å²) < 4.78 is 45.9. The van der Waals surface area contributed by atoms with E-state index in [1.54, 1.807) is 12.1 Å². The van der Waals surface area contributed by atoms with Gasteiger partial charge in [-0.15, -0.1) is 0 Å². The van der Waals surface area contributed by atoms with Crippen molar-refractivity contribution in [3.63, 3.8) is 0 Å². The number of hydrogen-bond acceptors (Lipinski definition) is 5. The Morgan fingerprint density at radius 2 is 1.68 bits per heavy atom. The molecule has 0 amide bonds. The van der Waals surface area contributed by atoms with Gasteiger partial charge in [0.2, 0.25) is 0 Å². The molecule has 3 aromatic rings. The molecule has 2 aromatic carbocycles. The fourth-order valence-corrected chi connectivity index (χ4v) is 9.42. The highest BCUT2D eigenvalue weighted by Crippen LogP contribution is 2.64. The minimum absolute atomic E-state index is 0.223. The van der Waals surface area contributed by atoms with Gasteiger partial charge >= 0.3 is 0 Å². The van der Waals surface area contributed by atoms with Crippen LogP contribution in [0.25, 0.3) is 0 Å². The van der Waals surface area contributed by atoms with E-state index in [1.165, 1.54) is 0 Å². The molecule has 0 N–H and O–H groups in total. The highest BCUT2D eigenvalue weighted by molar-refractivity contribution is 7.99. The number of benzene rings is 2. The minimum atomic E-state index is -2.45. The molecule has 1 fully saturated rings. The zero-order valence-corrected chi connectivity index (χ0v) is 23.9. The normalized spacial score (nSPS) is 16.6. The van der Waals surface area contributed by atoms with Crippen LogP contribution in [0.5, 0.6) is 5.75 Å². The number of anilines is 1. The standard InChI is InChI=1S/C28H36F2N3O2PS/c1-6-34-25-10-8-7-9-24(25)32-17-19-33(20-18-32)36(28(3,4)5,26-16-11-21(2)35-26)31-22-12-14-23(15-13-22)37-27(29)30/h7-16,27H,6,17-20H2,1-5H3. The zero-order valence-electron chi connectivity index (χ0n) is 22.2. The van der Waals surface area contributed by atoms with E-state index in [0.717, 1.165) is 54.6 Å². The van der Waals surface area contributed by atoms with E-state index in [1.807, 2.05) is 50.2 Å². The Labute approximate surface area is 223 Å². The molecule has 0 spiro atoms. The number of rotatable bonds is 8. The third-order valence-corrected chi connectivity index (χ3v) is 11.6. The van der Waals surface area contributed by atoms with E-state index in [0.29, 0.717) is 23.3 Å². The smallest absolute Gasteiger partial charge is 0.288 e. The molecule has 1 aliphatic heterocycles.